The molecule has 0 unspecified atom stereocenters. The Kier molecular flexibility index (Phi) is 4.15. The number of amides is 1. The smallest absolute Gasteiger partial charge is 0.223 e. The van der Waals surface area contributed by atoms with Gasteiger partial charge in [0.1, 0.15) is 0 Å². The van der Waals surface area contributed by atoms with Crippen molar-refractivity contribution in [1.82, 2.24) is 5.32 Å². The van der Waals surface area contributed by atoms with Crippen LogP contribution in [-0.2, 0) is 17.6 Å². The minimum Gasteiger partial charge on any atom is -0.356 e. The van der Waals surface area contributed by atoms with Crippen LogP contribution in [0.25, 0.3) is 0 Å². The highest BCUT2D eigenvalue weighted by Gasteiger charge is 2.26. The SMILES string of the molecule is NCCCCNC(=O)C1Cc2ccccc2C1. The number of carbonyl (C=O) groups is 1. The number of nitrogens with two attached hydrogens (primary N) is 1. The average Bonchev–Trinajstić information content (AvgIpc) is 2.78. The van der Waals surface area contributed by atoms with Gasteiger partial charge < -0.3 is 11.1 Å². The second-order valence-corrected chi connectivity index (χ2v) is 4.66. The molecule has 0 atom stereocenters. The first-order valence-corrected chi connectivity index (χ1v) is 6.36. The summed E-state index contributed by atoms with van der Waals surface area (Å²) in [5.41, 5.74) is 8.07. The van der Waals surface area contributed by atoms with Gasteiger partial charge in [-0.3, -0.25) is 4.79 Å². The van der Waals surface area contributed by atoms with Crippen molar-refractivity contribution in [2.24, 2.45) is 11.7 Å². The van der Waals surface area contributed by atoms with E-state index in [0.717, 1.165) is 32.2 Å². The molecule has 0 aliphatic heterocycles. The summed E-state index contributed by atoms with van der Waals surface area (Å²) in [6.45, 7) is 1.45. The average molecular weight is 232 g/mol. The Labute approximate surface area is 102 Å². The number of hydrogen-bond acceptors (Lipinski definition) is 2. The van der Waals surface area contributed by atoms with Crippen molar-refractivity contribution in [2.75, 3.05) is 13.1 Å². The summed E-state index contributed by atoms with van der Waals surface area (Å²) < 4.78 is 0. The van der Waals surface area contributed by atoms with Crippen LogP contribution in [-0.4, -0.2) is 19.0 Å². The van der Waals surface area contributed by atoms with Crippen LogP contribution in [0, 0.1) is 5.92 Å². The van der Waals surface area contributed by atoms with Gasteiger partial charge in [-0.15, -0.1) is 0 Å². The van der Waals surface area contributed by atoms with Gasteiger partial charge in [-0.05, 0) is 43.4 Å². The second kappa shape index (κ2) is 5.82. The summed E-state index contributed by atoms with van der Waals surface area (Å²) in [6, 6.07) is 8.33. The largest absolute Gasteiger partial charge is 0.356 e. The van der Waals surface area contributed by atoms with Gasteiger partial charge in [0, 0.05) is 12.5 Å². The lowest BCUT2D eigenvalue weighted by Crippen LogP contribution is -2.32. The molecule has 3 nitrogen and oxygen atoms in total. The minimum absolute atomic E-state index is 0.130. The van der Waals surface area contributed by atoms with E-state index in [0.29, 0.717) is 6.54 Å². The Balaban J connectivity index is 1.80. The van der Waals surface area contributed by atoms with Crippen molar-refractivity contribution in [3.05, 3.63) is 35.4 Å². The third-order valence-corrected chi connectivity index (χ3v) is 3.35. The van der Waals surface area contributed by atoms with E-state index in [9.17, 15) is 4.79 Å². The molecule has 1 aliphatic rings. The minimum atomic E-state index is 0.130. The molecular formula is C14H20N2O. The van der Waals surface area contributed by atoms with Crippen LogP contribution in [0.3, 0.4) is 0 Å². The van der Waals surface area contributed by atoms with E-state index in [2.05, 4.69) is 17.4 Å². The van der Waals surface area contributed by atoms with Crippen LogP contribution in [0.1, 0.15) is 24.0 Å². The fourth-order valence-electron chi connectivity index (χ4n) is 2.37. The van der Waals surface area contributed by atoms with Crippen LogP contribution in [0.2, 0.25) is 0 Å². The maximum atomic E-state index is 11.9. The summed E-state index contributed by atoms with van der Waals surface area (Å²) in [6.07, 6.45) is 3.73. The first kappa shape index (κ1) is 12.1. The van der Waals surface area contributed by atoms with E-state index in [-0.39, 0.29) is 11.8 Å². The molecule has 0 aromatic heterocycles. The molecule has 92 valence electrons. The lowest BCUT2D eigenvalue weighted by Gasteiger charge is -2.09. The number of fused-ring (bicyclic) bond motifs is 1. The zero-order valence-electron chi connectivity index (χ0n) is 10.1. The summed E-state index contributed by atoms with van der Waals surface area (Å²) >= 11 is 0. The Hall–Kier alpha value is -1.35. The van der Waals surface area contributed by atoms with Gasteiger partial charge in [0.15, 0.2) is 0 Å². The van der Waals surface area contributed by atoms with Crippen molar-refractivity contribution in [2.45, 2.75) is 25.7 Å². The highest BCUT2D eigenvalue weighted by Crippen LogP contribution is 2.26. The molecule has 2 rings (SSSR count). The van der Waals surface area contributed by atoms with Gasteiger partial charge in [0.05, 0.1) is 0 Å². The number of unbranched alkanes of at least 4 members (excludes halogenated alkanes) is 1. The van der Waals surface area contributed by atoms with Crippen LogP contribution in [0.15, 0.2) is 24.3 Å². The Bertz CT molecular complexity index is 365. The van der Waals surface area contributed by atoms with Crippen LogP contribution in [0.5, 0.6) is 0 Å². The summed E-state index contributed by atoms with van der Waals surface area (Å²) in [7, 11) is 0. The van der Waals surface area contributed by atoms with Crippen molar-refractivity contribution in [1.29, 1.82) is 0 Å². The molecule has 1 amide bonds. The predicted molar refractivity (Wildman–Crippen MR) is 68.6 cm³/mol. The normalized spacial score (nSPS) is 14.6. The third-order valence-electron chi connectivity index (χ3n) is 3.35. The molecule has 1 aromatic carbocycles. The van der Waals surface area contributed by atoms with Crippen molar-refractivity contribution in [3.63, 3.8) is 0 Å². The van der Waals surface area contributed by atoms with Crippen molar-refractivity contribution < 1.29 is 4.79 Å². The molecule has 0 saturated carbocycles. The molecule has 1 aromatic rings. The Morgan fingerprint density at radius 2 is 1.88 bits per heavy atom. The molecule has 0 saturated heterocycles. The molecule has 1 aliphatic carbocycles. The van der Waals surface area contributed by atoms with Crippen LogP contribution in [0.4, 0.5) is 0 Å². The standard InChI is InChI=1S/C14H20N2O/c15-7-3-4-8-16-14(17)13-9-11-5-1-2-6-12(11)10-13/h1-2,5-6,13H,3-4,7-10,15H2,(H,16,17). The third kappa shape index (κ3) is 3.07. The number of hydrogen-bond donors (Lipinski definition) is 2. The van der Waals surface area contributed by atoms with E-state index in [1.807, 2.05) is 12.1 Å². The van der Waals surface area contributed by atoms with Gasteiger partial charge >= 0.3 is 0 Å². The van der Waals surface area contributed by atoms with E-state index in [1.165, 1.54) is 11.1 Å². The molecule has 17 heavy (non-hydrogen) atoms. The monoisotopic (exact) mass is 232 g/mol. The van der Waals surface area contributed by atoms with Crippen molar-refractivity contribution >= 4 is 5.91 Å². The van der Waals surface area contributed by atoms with Gasteiger partial charge in [-0.2, -0.15) is 0 Å². The number of carbonyl (C=O) groups excluding carboxylic acids is 1. The highest BCUT2D eigenvalue weighted by atomic mass is 16.1. The number of nitrogens with one attached hydrogen (secondary N) is 1. The lowest BCUT2D eigenvalue weighted by atomic mass is 10.1. The molecule has 0 radical (unpaired) electrons. The van der Waals surface area contributed by atoms with E-state index in [4.69, 9.17) is 5.73 Å². The number of benzene rings is 1. The van der Waals surface area contributed by atoms with Gasteiger partial charge in [0.25, 0.3) is 0 Å². The first-order valence-electron chi connectivity index (χ1n) is 6.36. The summed E-state index contributed by atoms with van der Waals surface area (Å²) in [5, 5.41) is 3.00. The van der Waals surface area contributed by atoms with E-state index in [1.54, 1.807) is 0 Å². The maximum Gasteiger partial charge on any atom is 0.223 e. The Morgan fingerprint density at radius 3 is 2.47 bits per heavy atom. The summed E-state index contributed by atoms with van der Waals surface area (Å²) in [4.78, 5) is 11.9. The quantitative estimate of drug-likeness (QED) is 0.751. The molecule has 0 heterocycles. The van der Waals surface area contributed by atoms with Crippen LogP contribution < -0.4 is 11.1 Å². The van der Waals surface area contributed by atoms with Gasteiger partial charge in [-0.1, -0.05) is 24.3 Å². The van der Waals surface area contributed by atoms with Gasteiger partial charge in [0.2, 0.25) is 5.91 Å². The zero-order chi connectivity index (χ0) is 12.1. The molecule has 3 N–H and O–H groups in total. The second-order valence-electron chi connectivity index (χ2n) is 4.66. The summed E-state index contributed by atoms with van der Waals surface area (Å²) in [5.74, 6) is 0.323. The van der Waals surface area contributed by atoms with Crippen LogP contribution >= 0.6 is 0 Å². The maximum absolute atomic E-state index is 11.9. The molecule has 3 heteroatoms. The Morgan fingerprint density at radius 1 is 1.24 bits per heavy atom. The highest BCUT2D eigenvalue weighted by molar-refractivity contribution is 5.80. The lowest BCUT2D eigenvalue weighted by molar-refractivity contribution is -0.124. The van der Waals surface area contributed by atoms with Gasteiger partial charge in [-0.25, -0.2) is 0 Å². The molecule has 0 bridgehead atoms. The number of rotatable bonds is 5. The first-order chi connectivity index (χ1) is 8.31. The van der Waals surface area contributed by atoms with E-state index >= 15 is 0 Å². The topological polar surface area (TPSA) is 55.1 Å². The zero-order valence-corrected chi connectivity index (χ0v) is 10.1. The fraction of sp³-hybridized carbons (Fsp3) is 0.500. The van der Waals surface area contributed by atoms with E-state index < -0.39 is 0 Å². The van der Waals surface area contributed by atoms with Crippen molar-refractivity contribution in [3.8, 4) is 0 Å². The molecule has 0 spiro atoms. The fourth-order valence-corrected chi connectivity index (χ4v) is 2.37. The predicted octanol–water partition coefficient (Wildman–Crippen LogP) is 1.26. The molecular weight excluding hydrogens is 212 g/mol. The molecule has 0 fully saturated rings.